The maximum absolute atomic E-state index is 2.46. The maximum Gasteiger partial charge on any atom is 0.0494 e. The van der Waals surface area contributed by atoms with Crippen molar-refractivity contribution in [3.8, 4) is 0 Å². The molecule has 0 atom stereocenters. The summed E-state index contributed by atoms with van der Waals surface area (Å²) in [5, 5.41) is 2.95. The van der Waals surface area contributed by atoms with Crippen molar-refractivity contribution in [1.29, 1.82) is 0 Å². The summed E-state index contributed by atoms with van der Waals surface area (Å²) in [7, 11) is 0. The van der Waals surface area contributed by atoms with Crippen molar-refractivity contribution in [2.75, 3.05) is 0 Å². The Labute approximate surface area is 120 Å². The third-order valence-electron chi connectivity index (χ3n) is 4.94. The molecule has 1 heteroatoms. The van der Waals surface area contributed by atoms with E-state index < -0.39 is 0 Å². The lowest BCUT2D eigenvalue weighted by molar-refractivity contribution is 0.729. The van der Waals surface area contributed by atoms with Crippen LogP contribution >= 0.6 is 0 Å². The van der Waals surface area contributed by atoms with E-state index in [0.717, 1.165) is 12.5 Å². The van der Waals surface area contributed by atoms with Crippen molar-refractivity contribution in [3.63, 3.8) is 0 Å². The first-order valence-corrected chi connectivity index (χ1v) is 7.90. The number of nitrogens with zero attached hydrogens (tertiary/aromatic N) is 1. The van der Waals surface area contributed by atoms with Gasteiger partial charge in [-0.1, -0.05) is 43.2 Å². The molecule has 0 bridgehead atoms. The summed E-state index contributed by atoms with van der Waals surface area (Å²) in [5.74, 6) is 0.773. The van der Waals surface area contributed by atoms with Crippen LogP contribution in [0, 0.1) is 0 Å². The zero-order valence-corrected chi connectivity index (χ0v) is 12.1. The summed E-state index contributed by atoms with van der Waals surface area (Å²) in [4.78, 5) is 0. The van der Waals surface area contributed by atoms with Gasteiger partial charge in [0.15, 0.2) is 0 Å². The lowest BCUT2D eigenvalue weighted by Gasteiger charge is -2.12. The molecule has 1 aromatic heterocycles. The molecule has 0 N–H and O–H groups in total. The Hall–Kier alpha value is -1.76. The van der Waals surface area contributed by atoms with E-state index in [1.807, 2.05) is 0 Å². The van der Waals surface area contributed by atoms with E-state index in [1.54, 1.807) is 5.56 Å². The lowest BCUT2D eigenvalue weighted by Crippen LogP contribution is -1.95. The van der Waals surface area contributed by atoms with E-state index in [-0.39, 0.29) is 0 Å². The minimum absolute atomic E-state index is 0.773. The van der Waals surface area contributed by atoms with Gasteiger partial charge in [-0.3, -0.25) is 0 Å². The fourth-order valence-electron chi connectivity index (χ4n) is 4.04. The summed E-state index contributed by atoms with van der Waals surface area (Å²) in [6, 6.07) is 15.8. The van der Waals surface area contributed by atoms with Gasteiger partial charge in [0.1, 0.15) is 0 Å². The molecule has 20 heavy (non-hydrogen) atoms. The molecule has 2 aromatic carbocycles. The maximum atomic E-state index is 2.46. The Morgan fingerprint density at radius 3 is 2.50 bits per heavy atom. The number of aryl methyl sites for hydroxylation is 1. The highest BCUT2D eigenvalue weighted by Gasteiger charge is 2.21. The van der Waals surface area contributed by atoms with Gasteiger partial charge in [0.05, 0.1) is 0 Å². The Bertz CT molecular complexity index is 760. The molecule has 1 nitrogen and oxygen atoms in total. The van der Waals surface area contributed by atoms with Gasteiger partial charge >= 0.3 is 0 Å². The molecule has 0 saturated heterocycles. The number of hydrogen-bond acceptors (Lipinski definition) is 0. The predicted octanol–water partition coefficient (Wildman–Crippen LogP) is 5.47. The molecule has 1 saturated carbocycles. The molecule has 1 aliphatic rings. The van der Waals surface area contributed by atoms with Gasteiger partial charge in [0.25, 0.3) is 0 Å². The van der Waals surface area contributed by atoms with E-state index in [0.29, 0.717) is 0 Å². The third-order valence-corrected chi connectivity index (χ3v) is 4.94. The van der Waals surface area contributed by atoms with Gasteiger partial charge in [0, 0.05) is 28.4 Å². The molecule has 3 aromatic rings. The molecule has 1 heterocycles. The Morgan fingerprint density at radius 1 is 0.950 bits per heavy atom. The van der Waals surface area contributed by atoms with E-state index in [4.69, 9.17) is 0 Å². The Morgan fingerprint density at radius 2 is 1.70 bits per heavy atom. The van der Waals surface area contributed by atoms with Crippen LogP contribution in [0.2, 0.25) is 0 Å². The smallest absolute Gasteiger partial charge is 0.0494 e. The minimum atomic E-state index is 0.773. The molecule has 0 aliphatic heterocycles. The van der Waals surface area contributed by atoms with Crippen LogP contribution in [-0.2, 0) is 6.54 Å². The van der Waals surface area contributed by atoms with Crippen LogP contribution in [0.15, 0.2) is 42.5 Å². The zero-order valence-electron chi connectivity index (χ0n) is 12.1. The number of benzene rings is 2. The molecule has 102 valence electrons. The first kappa shape index (κ1) is 12.0. The van der Waals surface area contributed by atoms with Gasteiger partial charge in [-0.25, -0.2) is 0 Å². The Balaban J connectivity index is 2.11. The Kier molecular flexibility index (Phi) is 2.80. The van der Waals surface area contributed by atoms with Crippen LogP contribution < -0.4 is 0 Å². The summed E-state index contributed by atoms with van der Waals surface area (Å²) >= 11 is 0. The van der Waals surface area contributed by atoms with Crippen molar-refractivity contribution >= 4 is 21.8 Å². The molecule has 0 unspecified atom stereocenters. The highest BCUT2D eigenvalue weighted by molar-refractivity contribution is 6.09. The second kappa shape index (κ2) is 4.66. The van der Waals surface area contributed by atoms with Crippen molar-refractivity contribution in [3.05, 3.63) is 48.0 Å². The minimum Gasteiger partial charge on any atom is -0.341 e. The SMILES string of the molecule is CCn1c2ccccc2c2c(C3CCCC3)cccc21. The highest BCUT2D eigenvalue weighted by atomic mass is 15.0. The average molecular weight is 263 g/mol. The van der Waals surface area contributed by atoms with Gasteiger partial charge in [-0.2, -0.15) is 0 Å². The van der Waals surface area contributed by atoms with Crippen molar-refractivity contribution in [1.82, 2.24) is 4.57 Å². The number of rotatable bonds is 2. The zero-order chi connectivity index (χ0) is 13.5. The van der Waals surface area contributed by atoms with Crippen LogP contribution in [-0.4, -0.2) is 4.57 Å². The highest BCUT2D eigenvalue weighted by Crippen LogP contribution is 2.41. The van der Waals surface area contributed by atoms with Crippen molar-refractivity contribution in [2.24, 2.45) is 0 Å². The van der Waals surface area contributed by atoms with Crippen LogP contribution in [0.5, 0.6) is 0 Å². The molecule has 0 amide bonds. The molecular weight excluding hydrogens is 242 g/mol. The summed E-state index contributed by atoms with van der Waals surface area (Å²) in [6.07, 6.45) is 5.52. The molecule has 1 fully saturated rings. The van der Waals surface area contributed by atoms with E-state index in [1.165, 1.54) is 47.5 Å². The lowest BCUT2D eigenvalue weighted by atomic mass is 9.93. The largest absolute Gasteiger partial charge is 0.341 e. The summed E-state index contributed by atoms with van der Waals surface area (Å²) < 4.78 is 2.46. The molecule has 0 radical (unpaired) electrons. The second-order valence-electron chi connectivity index (χ2n) is 5.98. The molecular formula is C19H21N. The standard InChI is InChI=1S/C19H21N/c1-2-20-17-12-6-5-10-16(17)19-15(11-7-13-18(19)20)14-8-3-4-9-14/h5-7,10-14H,2-4,8-9H2,1H3. The van der Waals surface area contributed by atoms with Gasteiger partial charge < -0.3 is 4.57 Å². The van der Waals surface area contributed by atoms with Gasteiger partial charge in [-0.15, -0.1) is 0 Å². The monoisotopic (exact) mass is 263 g/mol. The van der Waals surface area contributed by atoms with Crippen LogP contribution in [0.4, 0.5) is 0 Å². The van der Waals surface area contributed by atoms with Crippen molar-refractivity contribution in [2.45, 2.75) is 45.1 Å². The first-order valence-electron chi connectivity index (χ1n) is 7.90. The quantitative estimate of drug-likeness (QED) is 0.577. The third kappa shape index (κ3) is 1.62. The second-order valence-corrected chi connectivity index (χ2v) is 5.98. The first-order chi connectivity index (χ1) is 9.90. The number of fused-ring (bicyclic) bond motifs is 3. The van der Waals surface area contributed by atoms with Crippen molar-refractivity contribution < 1.29 is 0 Å². The van der Waals surface area contributed by atoms with Gasteiger partial charge in [0.2, 0.25) is 0 Å². The summed E-state index contributed by atoms with van der Waals surface area (Å²) in [5.41, 5.74) is 4.39. The van der Waals surface area contributed by atoms with Gasteiger partial charge in [-0.05, 0) is 43.4 Å². The molecule has 4 rings (SSSR count). The van der Waals surface area contributed by atoms with E-state index in [9.17, 15) is 0 Å². The average Bonchev–Trinajstić information content (AvgIpc) is 3.13. The van der Waals surface area contributed by atoms with E-state index >= 15 is 0 Å². The van der Waals surface area contributed by atoms with Crippen LogP contribution in [0.25, 0.3) is 21.8 Å². The van der Waals surface area contributed by atoms with E-state index in [2.05, 4.69) is 54.0 Å². The topological polar surface area (TPSA) is 4.93 Å². The molecule has 1 aliphatic carbocycles. The summed E-state index contributed by atoms with van der Waals surface area (Å²) in [6.45, 7) is 3.28. The number of aromatic nitrogens is 1. The normalized spacial score (nSPS) is 16.4. The fourth-order valence-corrected chi connectivity index (χ4v) is 4.04. The van der Waals surface area contributed by atoms with Crippen LogP contribution in [0.3, 0.4) is 0 Å². The fraction of sp³-hybridized carbons (Fsp3) is 0.368. The number of para-hydroxylation sites is 1. The molecule has 0 spiro atoms. The predicted molar refractivity (Wildman–Crippen MR) is 86.3 cm³/mol. The number of hydrogen-bond donors (Lipinski definition) is 0. The van der Waals surface area contributed by atoms with Crippen LogP contribution in [0.1, 0.15) is 44.1 Å².